The maximum absolute atomic E-state index is 5.10. The van der Waals surface area contributed by atoms with Crippen LogP contribution < -0.4 is 15.4 Å². The van der Waals surface area contributed by atoms with Crippen LogP contribution in [0.25, 0.3) is 0 Å². The predicted octanol–water partition coefficient (Wildman–Crippen LogP) is 1.95. The highest BCUT2D eigenvalue weighted by molar-refractivity contribution is 5.66. The van der Waals surface area contributed by atoms with Crippen LogP contribution in [0.5, 0.6) is 5.88 Å². The molecule has 4 heteroatoms. The van der Waals surface area contributed by atoms with E-state index in [0.29, 0.717) is 11.8 Å². The molecule has 0 saturated carbocycles. The number of methoxy groups -OCH3 is 1. The third kappa shape index (κ3) is 2.14. The SMILES string of the molecule is CCC1CNc2ccc(OC)nc2NC1. The van der Waals surface area contributed by atoms with Gasteiger partial charge in [-0.3, -0.25) is 0 Å². The Morgan fingerprint density at radius 1 is 1.40 bits per heavy atom. The number of ether oxygens (including phenoxy) is 1. The van der Waals surface area contributed by atoms with Gasteiger partial charge >= 0.3 is 0 Å². The first-order valence-electron chi connectivity index (χ1n) is 5.36. The number of fused-ring (bicyclic) bond motifs is 1. The van der Waals surface area contributed by atoms with Crippen LogP contribution in [0.15, 0.2) is 12.1 Å². The topological polar surface area (TPSA) is 46.2 Å². The highest BCUT2D eigenvalue weighted by atomic mass is 16.5. The summed E-state index contributed by atoms with van der Waals surface area (Å²) < 4.78 is 5.10. The third-order valence-corrected chi connectivity index (χ3v) is 2.80. The van der Waals surface area contributed by atoms with Crippen LogP contribution in [0.4, 0.5) is 11.5 Å². The number of anilines is 2. The summed E-state index contributed by atoms with van der Waals surface area (Å²) in [5, 5.41) is 6.74. The van der Waals surface area contributed by atoms with E-state index in [9.17, 15) is 0 Å². The summed E-state index contributed by atoms with van der Waals surface area (Å²) in [5.41, 5.74) is 1.06. The first kappa shape index (κ1) is 10.1. The van der Waals surface area contributed by atoms with Gasteiger partial charge in [0.1, 0.15) is 0 Å². The minimum Gasteiger partial charge on any atom is -0.481 e. The maximum Gasteiger partial charge on any atom is 0.215 e. The second-order valence-electron chi connectivity index (χ2n) is 3.79. The van der Waals surface area contributed by atoms with Gasteiger partial charge in [-0.05, 0) is 18.4 Å². The summed E-state index contributed by atoms with van der Waals surface area (Å²) in [6.45, 7) is 4.18. The molecule has 1 aromatic rings. The van der Waals surface area contributed by atoms with Gasteiger partial charge in [-0.15, -0.1) is 0 Å². The molecule has 2 N–H and O–H groups in total. The Balaban J connectivity index is 2.20. The Labute approximate surface area is 90.0 Å². The van der Waals surface area contributed by atoms with Crippen molar-refractivity contribution in [1.82, 2.24) is 4.98 Å². The fraction of sp³-hybridized carbons (Fsp3) is 0.545. The smallest absolute Gasteiger partial charge is 0.215 e. The molecule has 4 nitrogen and oxygen atoms in total. The molecule has 0 saturated heterocycles. The molecule has 82 valence electrons. The molecule has 1 aromatic heterocycles. The van der Waals surface area contributed by atoms with Crippen molar-refractivity contribution in [3.05, 3.63) is 12.1 Å². The third-order valence-electron chi connectivity index (χ3n) is 2.80. The van der Waals surface area contributed by atoms with Gasteiger partial charge in [0, 0.05) is 19.2 Å². The second kappa shape index (κ2) is 4.38. The number of pyridine rings is 1. The van der Waals surface area contributed by atoms with Crippen LogP contribution in [0.3, 0.4) is 0 Å². The van der Waals surface area contributed by atoms with Crippen molar-refractivity contribution in [2.24, 2.45) is 5.92 Å². The monoisotopic (exact) mass is 207 g/mol. The van der Waals surface area contributed by atoms with Gasteiger partial charge < -0.3 is 15.4 Å². The van der Waals surface area contributed by atoms with Gasteiger partial charge in [-0.2, -0.15) is 4.98 Å². The Morgan fingerprint density at radius 3 is 2.93 bits per heavy atom. The summed E-state index contributed by atoms with van der Waals surface area (Å²) in [4.78, 5) is 4.36. The number of nitrogens with zero attached hydrogens (tertiary/aromatic N) is 1. The van der Waals surface area contributed by atoms with Gasteiger partial charge in [0.25, 0.3) is 0 Å². The van der Waals surface area contributed by atoms with E-state index < -0.39 is 0 Å². The molecule has 0 bridgehead atoms. The van der Waals surface area contributed by atoms with Crippen LogP contribution in [0.2, 0.25) is 0 Å². The molecule has 0 amide bonds. The van der Waals surface area contributed by atoms with Gasteiger partial charge in [0.2, 0.25) is 5.88 Å². The summed E-state index contributed by atoms with van der Waals surface area (Å²) in [6.07, 6.45) is 1.17. The van der Waals surface area contributed by atoms with Crippen LogP contribution in [0.1, 0.15) is 13.3 Å². The highest BCUT2D eigenvalue weighted by Gasteiger charge is 2.14. The Hall–Kier alpha value is -1.45. The predicted molar refractivity (Wildman–Crippen MR) is 61.5 cm³/mol. The normalized spacial score (nSPS) is 19.5. The molecule has 2 rings (SSSR count). The minimum atomic E-state index is 0.651. The minimum absolute atomic E-state index is 0.651. The van der Waals surface area contributed by atoms with E-state index in [-0.39, 0.29) is 0 Å². The van der Waals surface area contributed by atoms with Crippen molar-refractivity contribution in [3.8, 4) is 5.88 Å². The van der Waals surface area contributed by atoms with Crippen molar-refractivity contribution in [1.29, 1.82) is 0 Å². The van der Waals surface area contributed by atoms with Crippen molar-refractivity contribution >= 4 is 11.5 Å². The van der Waals surface area contributed by atoms with Crippen molar-refractivity contribution in [2.75, 3.05) is 30.8 Å². The average molecular weight is 207 g/mol. The molecule has 0 aromatic carbocycles. The Kier molecular flexibility index (Phi) is 2.94. The van der Waals surface area contributed by atoms with E-state index in [1.807, 2.05) is 12.1 Å². The summed E-state index contributed by atoms with van der Waals surface area (Å²) in [5.74, 6) is 2.20. The zero-order valence-electron chi connectivity index (χ0n) is 9.21. The van der Waals surface area contributed by atoms with Crippen molar-refractivity contribution in [2.45, 2.75) is 13.3 Å². The molecule has 2 heterocycles. The summed E-state index contributed by atoms with van der Waals surface area (Å²) >= 11 is 0. The van der Waals surface area contributed by atoms with E-state index in [2.05, 4.69) is 22.5 Å². The summed E-state index contributed by atoms with van der Waals surface area (Å²) in [6, 6.07) is 3.88. The molecule has 0 spiro atoms. The van der Waals surface area contributed by atoms with E-state index in [1.165, 1.54) is 6.42 Å². The van der Waals surface area contributed by atoms with E-state index in [0.717, 1.165) is 24.6 Å². The standard InChI is InChI=1S/C11H17N3O/c1-3-8-6-12-9-4-5-10(15-2)14-11(9)13-7-8/h4-5,8,12H,3,6-7H2,1-2H3,(H,13,14). The molecule has 1 unspecified atom stereocenters. The Morgan fingerprint density at radius 2 is 2.20 bits per heavy atom. The maximum atomic E-state index is 5.10. The van der Waals surface area contributed by atoms with E-state index >= 15 is 0 Å². The number of nitrogens with one attached hydrogen (secondary N) is 2. The lowest BCUT2D eigenvalue weighted by molar-refractivity contribution is 0.398. The Bertz CT molecular complexity index is 341. The fourth-order valence-electron chi connectivity index (χ4n) is 1.69. The number of aromatic nitrogens is 1. The van der Waals surface area contributed by atoms with E-state index in [1.54, 1.807) is 7.11 Å². The van der Waals surface area contributed by atoms with Crippen LogP contribution in [0, 0.1) is 5.92 Å². The number of hydrogen-bond donors (Lipinski definition) is 2. The van der Waals surface area contributed by atoms with E-state index in [4.69, 9.17) is 4.74 Å². The molecule has 0 fully saturated rings. The first-order chi connectivity index (χ1) is 7.33. The zero-order valence-corrected chi connectivity index (χ0v) is 9.21. The number of hydrogen-bond acceptors (Lipinski definition) is 4. The first-order valence-corrected chi connectivity index (χ1v) is 5.36. The van der Waals surface area contributed by atoms with Gasteiger partial charge in [0.05, 0.1) is 12.8 Å². The largest absolute Gasteiger partial charge is 0.481 e. The quantitative estimate of drug-likeness (QED) is 0.778. The van der Waals surface area contributed by atoms with Crippen molar-refractivity contribution in [3.63, 3.8) is 0 Å². The lowest BCUT2D eigenvalue weighted by atomic mass is 10.1. The molecule has 1 atom stereocenters. The van der Waals surface area contributed by atoms with Crippen LogP contribution >= 0.6 is 0 Å². The molecule has 15 heavy (non-hydrogen) atoms. The summed E-state index contributed by atoms with van der Waals surface area (Å²) in [7, 11) is 1.63. The molecule has 0 radical (unpaired) electrons. The lowest BCUT2D eigenvalue weighted by Gasteiger charge is -2.10. The van der Waals surface area contributed by atoms with Gasteiger partial charge in [0.15, 0.2) is 5.82 Å². The van der Waals surface area contributed by atoms with Crippen molar-refractivity contribution < 1.29 is 4.74 Å². The molecule has 0 aliphatic carbocycles. The molecular formula is C11H17N3O. The highest BCUT2D eigenvalue weighted by Crippen LogP contribution is 2.25. The molecular weight excluding hydrogens is 190 g/mol. The van der Waals surface area contributed by atoms with Crippen LogP contribution in [-0.4, -0.2) is 25.2 Å². The zero-order chi connectivity index (χ0) is 10.7. The second-order valence-corrected chi connectivity index (χ2v) is 3.79. The number of rotatable bonds is 2. The average Bonchev–Trinajstić information content (AvgIpc) is 2.50. The lowest BCUT2D eigenvalue weighted by Crippen LogP contribution is -2.17. The molecule has 1 aliphatic heterocycles. The van der Waals surface area contributed by atoms with Gasteiger partial charge in [-0.25, -0.2) is 0 Å². The van der Waals surface area contributed by atoms with Crippen LogP contribution in [-0.2, 0) is 0 Å². The van der Waals surface area contributed by atoms with Gasteiger partial charge in [-0.1, -0.05) is 6.92 Å². The fourth-order valence-corrected chi connectivity index (χ4v) is 1.69. The molecule has 1 aliphatic rings.